The molecule has 0 fully saturated rings. The third-order valence-corrected chi connectivity index (χ3v) is 3.75. The van der Waals surface area contributed by atoms with Crippen LogP contribution in [0.4, 0.5) is 0 Å². The van der Waals surface area contributed by atoms with E-state index in [-0.39, 0.29) is 6.61 Å². The number of hydrogen-bond donors (Lipinski definition) is 1. The highest BCUT2D eigenvalue weighted by Crippen LogP contribution is 2.06. The van der Waals surface area contributed by atoms with Gasteiger partial charge >= 0.3 is 0 Å². The summed E-state index contributed by atoms with van der Waals surface area (Å²) in [6, 6.07) is 0. The lowest BCUT2D eigenvalue weighted by molar-refractivity contribution is 0.302. The monoisotopic (exact) mass is 306 g/mol. The SMILES string of the molecule is CCCCCC=CCCCC=CCCCCCC=CCCO. The van der Waals surface area contributed by atoms with E-state index in [4.69, 9.17) is 5.11 Å². The molecule has 0 saturated heterocycles. The molecule has 0 radical (unpaired) electrons. The van der Waals surface area contributed by atoms with Gasteiger partial charge in [0.1, 0.15) is 0 Å². The molecule has 0 aliphatic heterocycles. The van der Waals surface area contributed by atoms with E-state index in [2.05, 4.69) is 43.4 Å². The molecule has 0 spiro atoms. The van der Waals surface area contributed by atoms with E-state index in [1.165, 1.54) is 70.6 Å². The first-order valence-electron chi connectivity index (χ1n) is 9.47. The quantitative estimate of drug-likeness (QED) is 0.247. The molecule has 1 heteroatoms. The minimum atomic E-state index is 0.274. The molecule has 0 amide bonds. The van der Waals surface area contributed by atoms with E-state index in [0.717, 1.165) is 12.8 Å². The summed E-state index contributed by atoms with van der Waals surface area (Å²) < 4.78 is 0. The molecule has 0 aromatic rings. The average Bonchev–Trinajstić information content (AvgIpc) is 2.54. The van der Waals surface area contributed by atoms with Crippen molar-refractivity contribution in [2.45, 2.75) is 90.4 Å². The Balaban J connectivity index is 3.17. The van der Waals surface area contributed by atoms with Crippen molar-refractivity contribution in [3.05, 3.63) is 36.5 Å². The molecule has 0 unspecified atom stereocenters. The highest BCUT2D eigenvalue weighted by Gasteiger charge is 1.87. The average molecular weight is 307 g/mol. The summed E-state index contributed by atoms with van der Waals surface area (Å²) >= 11 is 0. The van der Waals surface area contributed by atoms with Crippen molar-refractivity contribution >= 4 is 0 Å². The van der Waals surface area contributed by atoms with Crippen LogP contribution in [0.25, 0.3) is 0 Å². The lowest BCUT2D eigenvalue weighted by Crippen LogP contribution is -1.77. The topological polar surface area (TPSA) is 20.2 Å². The second kappa shape index (κ2) is 20.2. The molecule has 1 N–H and O–H groups in total. The standard InChI is InChI=1S/C21H38O/c1-2-3-4-5-6-7-8-9-10-11-12-13-14-15-16-17-18-19-20-21-22/h6-7,11-12,18-19,22H,2-5,8-10,13-17,20-21H2,1H3. The van der Waals surface area contributed by atoms with Crippen molar-refractivity contribution in [1.82, 2.24) is 0 Å². The molecule has 0 aliphatic rings. The van der Waals surface area contributed by atoms with Crippen LogP contribution >= 0.6 is 0 Å². The van der Waals surface area contributed by atoms with Crippen LogP contribution < -0.4 is 0 Å². The first kappa shape index (κ1) is 21.2. The van der Waals surface area contributed by atoms with Crippen LogP contribution in [0, 0.1) is 0 Å². The molecule has 0 aliphatic carbocycles. The van der Waals surface area contributed by atoms with E-state index in [0.29, 0.717) is 0 Å². The zero-order chi connectivity index (χ0) is 16.1. The van der Waals surface area contributed by atoms with Gasteiger partial charge in [-0.1, -0.05) is 62.6 Å². The number of aliphatic hydroxyl groups excluding tert-OH is 1. The molecule has 0 aromatic heterocycles. The van der Waals surface area contributed by atoms with Crippen molar-refractivity contribution < 1.29 is 5.11 Å². The second-order valence-corrected chi connectivity index (χ2v) is 5.99. The Labute approximate surface area is 139 Å². The molecular formula is C21H38O. The van der Waals surface area contributed by atoms with Gasteiger partial charge in [0.2, 0.25) is 0 Å². The summed E-state index contributed by atoms with van der Waals surface area (Å²) in [7, 11) is 0. The van der Waals surface area contributed by atoms with Crippen LogP contribution in [-0.4, -0.2) is 11.7 Å². The van der Waals surface area contributed by atoms with Gasteiger partial charge in [-0.05, 0) is 64.2 Å². The van der Waals surface area contributed by atoms with E-state index in [1.807, 2.05) is 0 Å². The molecule has 0 bridgehead atoms. The van der Waals surface area contributed by atoms with E-state index in [9.17, 15) is 0 Å². The number of rotatable bonds is 16. The van der Waals surface area contributed by atoms with Crippen LogP contribution in [0.15, 0.2) is 36.5 Å². The zero-order valence-corrected chi connectivity index (χ0v) is 14.8. The predicted molar refractivity (Wildman–Crippen MR) is 100 cm³/mol. The van der Waals surface area contributed by atoms with Crippen LogP contribution in [0.1, 0.15) is 90.4 Å². The third kappa shape index (κ3) is 19.2. The summed E-state index contributed by atoms with van der Waals surface area (Å²) in [5.41, 5.74) is 0. The molecule has 128 valence electrons. The summed E-state index contributed by atoms with van der Waals surface area (Å²) in [5, 5.41) is 8.64. The minimum absolute atomic E-state index is 0.274. The molecule has 22 heavy (non-hydrogen) atoms. The normalized spacial score (nSPS) is 12.3. The van der Waals surface area contributed by atoms with Crippen molar-refractivity contribution in [3.63, 3.8) is 0 Å². The number of unbranched alkanes of at least 4 members (excludes halogenated alkanes) is 9. The fourth-order valence-electron chi connectivity index (χ4n) is 2.35. The first-order chi connectivity index (χ1) is 10.9. The Hall–Kier alpha value is -0.820. The lowest BCUT2D eigenvalue weighted by atomic mass is 10.1. The summed E-state index contributed by atoms with van der Waals surface area (Å²) in [4.78, 5) is 0. The highest BCUT2D eigenvalue weighted by molar-refractivity contribution is 4.85. The third-order valence-electron chi connectivity index (χ3n) is 3.75. The largest absolute Gasteiger partial charge is 0.396 e. The molecule has 0 saturated carbocycles. The van der Waals surface area contributed by atoms with Crippen LogP contribution in [0.5, 0.6) is 0 Å². The van der Waals surface area contributed by atoms with E-state index in [1.54, 1.807) is 0 Å². The van der Waals surface area contributed by atoms with Crippen molar-refractivity contribution in [3.8, 4) is 0 Å². The molecular weight excluding hydrogens is 268 g/mol. The maximum absolute atomic E-state index is 8.64. The van der Waals surface area contributed by atoms with Gasteiger partial charge in [0.05, 0.1) is 0 Å². The van der Waals surface area contributed by atoms with Gasteiger partial charge in [0.25, 0.3) is 0 Å². The number of allylic oxidation sites excluding steroid dienone is 5. The number of hydrogen-bond acceptors (Lipinski definition) is 1. The summed E-state index contributed by atoms with van der Waals surface area (Å²) in [5.74, 6) is 0. The first-order valence-corrected chi connectivity index (χ1v) is 9.47. The zero-order valence-electron chi connectivity index (χ0n) is 14.8. The molecule has 0 atom stereocenters. The Bertz CT molecular complexity index is 276. The van der Waals surface area contributed by atoms with Crippen LogP contribution in [0.2, 0.25) is 0 Å². The van der Waals surface area contributed by atoms with Gasteiger partial charge in [-0.2, -0.15) is 0 Å². The minimum Gasteiger partial charge on any atom is -0.396 e. The lowest BCUT2D eigenvalue weighted by Gasteiger charge is -1.96. The van der Waals surface area contributed by atoms with Gasteiger partial charge in [-0.3, -0.25) is 0 Å². The Morgan fingerprint density at radius 2 is 0.909 bits per heavy atom. The van der Waals surface area contributed by atoms with Crippen molar-refractivity contribution in [1.29, 1.82) is 0 Å². The highest BCUT2D eigenvalue weighted by atomic mass is 16.2. The molecule has 0 rings (SSSR count). The molecule has 0 aromatic carbocycles. The van der Waals surface area contributed by atoms with Gasteiger partial charge in [0, 0.05) is 6.61 Å². The summed E-state index contributed by atoms with van der Waals surface area (Å²) in [6.45, 7) is 2.53. The fourth-order valence-corrected chi connectivity index (χ4v) is 2.35. The van der Waals surface area contributed by atoms with Crippen molar-refractivity contribution in [2.24, 2.45) is 0 Å². The Morgan fingerprint density at radius 3 is 1.36 bits per heavy atom. The second-order valence-electron chi connectivity index (χ2n) is 5.99. The predicted octanol–water partition coefficient (Wildman–Crippen LogP) is 6.74. The maximum atomic E-state index is 8.64. The number of aliphatic hydroxyl groups is 1. The maximum Gasteiger partial charge on any atom is 0.0465 e. The van der Waals surface area contributed by atoms with Gasteiger partial charge in [-0.25, -0.2) is 0 Å². The fraction of sp³-hybridized carbons (Fsp3) is 0.714. The van der Waals surface area contributed by atoms with Crippen LogP contribution in [0.3, 0.4) is 0 Å². The van der Waals surface area contributed by atoms with E-state index < -0.39 is 0 Å². The Morgan fingerprint density at radius 1 is 0.500 bits per heavy atom. The van der Waals surface area contributed by atoms with Gasteiger partial charge < -0.3 is 5.11 Å². The van der Waals surface area contributed by atoms with Gasteiger partial charge in [0.15, 0.2) is 0 Å². The smallest absolute Gasteiger partial charge is 0.0465 e. The summed E-state index contributed by atoms with van der Waals surface area (Å²) in [6.07, 6.45) is 29.8. The van der Waals surface area contributed by atoms with Gasteiger partial charge in [-0.15, -0.1) is 0 Å². The molecule has 0 heterocycles. The Kier molecular flexibility index (Phi) is 19.4. The molecule has 1 nitrogen and oxygen atoms in total. The van der Waals surface area contributed by atoms with Crippen molar-refractivity contribution in [2.75, 3.05) is 6.61 Å². The van der Waals surface area contributed by atoms with Crippen LogP contribution in [-0.2, 0) is 0 Å². The van der Waals surface area contributed by atoms with E-state index >= 15 is 0 Å².